The molecule has 0 radical (unpaired) electrons. The molecular formula is C18H12ClNO4. The first-order chi connectivity index (χ1) is 11.2. The molecule has 1 aliphatic heterocycles. The third-order valence-corrected chi connectivity index (χ3v) is 4.25. The van der Waals surface area contributed by atoms with Gasteiger partial charge in [-0.25, -0.2) is 0 Å². The van der Waals surface area contributed by atoms with Crippen LogP contribution in [0.25, 0.3) is 27.1 Å². The molecule has 0 bridgehead atoms. The van der Waals surface area contributed by atoms with Gasteiger partial charge in [0.25, 0.3) is 0 Å². The van der Waals surface area contributed by atoms with Crippen LogP contribution in [-0.2, 0) is 0 Å². The molecule has 0 amide bonds. The largest absolute Gasteiger partial charge is 1.00 e. The molecule has 2 aromatic carbocycles. The van der Waals surface area contributed by atoms with Crippen LogP contribution < -0.4 is 26.3 Å². The van der Waals surface area contributed by atoms with Gasteiger partial charge in [-0.15, -0.1) is 0 Å². The Kier molecular flexibility index (Phi) is 3.08. The van der Waals surface area contributed by atoms with E-state index >= 15 is 0 Å². The molecule has 0 saturated heterocycles. The number of hydrogen-bond donors (Lipinski definition) is 2. The number of ether oxygens (including phenoxy) is 2. The molecular weight excluding hydrogens is 330 g/mol. The van der Waals surface area contributed by atoms with Crippen molar-refractivity contribution in [1.82, 2.24) is 0 Å². The smallest absolute Gasteiger partial charge is 0.231 e. The van der Waals surface area contributed by atoms with Crippen LogP contribution in [0, 0.1) is 0 Å². The van der Waals surface area contributed by atoms with E-state index < -0.39 is 0 Å². The Bertz CT molecular complexity index is 1130. The van der Waals surface area contributed by atoms with Crippen LogP contribution in [0.5, 0.6) is 23.0 Å². The highest BCUT2D eigenvalue weighted by atomic mass is 35.5. The standard InChI is InChI=1S/C18H11NO4.ClH/c20-12-3-11-4-15-13-7-18-17(22-9-23-18)5-10(13)1-2-19(15)8-14(11)16(21)6-12;/h1-8H,9H2,(H,20,21);1H. The van der Waals surface area contributed by atoms with E-state index in [1.54, 1.807) is 6.07 Å². The van der Waals surface area contributed by atoms with E-state index in [0.717, 1.165) is 33.2 Å². The van der Waals surface area contributed by atoms with Crippen LogP contribution in [0.15, 0.2) is 48.8 Å². The van der Waals surface area contributed by atoms with E-state index in [1.807, 2.05) is 41.1 Å². The van der Waals surface area contributed by atoms with Crippen molar-refractivity contribution in [3.05, 3.63) is 48.8 Å². The van der Waals surface area contributed by atoms with Crippen LogP contribution in [-0.4, -0.2) is 17.0 Å². The lowest BCUT2D eigenvalue weighted by Gasteiger charge is -2.04. The van der Waals surface area contributed by atoms with E-state index in [0.29, 0.717) is 5.39 Å². The van der Waals surface area contributed by atoms with Gasteiger partial charge in [0.15, 0.2) is 23.9 Å². The number of benzene rings is 2. The van der Waals surface area contributed by atoms with Gasteiger partial charge in [0, 0.05) is 23.6 Å². The quantitative estimate of drug-likeness (QED) is 0.266. The minimum absolute atomic E-state index is 0. The summed E-state index contributed by atoms with van der Waals surface area (Å²) in [5.41, 5.74) is 0.957. The van der Waals surface area contributed by atoms with Crippen molar-refractivity contribution in [2.75, 3.05) is 6.79 Å². The highest BCUT2D eigenvalue weighted by Crippen LogP contribution is 2.37. The lowest BCUT2D eigenvalue weighted by molar-refractivity contribution is -0.509. The van der Waals surface area contributed by atoms with Crippen LogP contribution in [0.1, 0.15) is 0 Å². The van der Waals surface area contributed by atoms with E-state index in [-0.39, 0.29) is 30.7 Å². The number of halogens is 1. The van der Waals surface area contributed by atoms with Crippen molar-refractivity contribution in [3.8, 4) is 23.0 Å². The average molecular weight is 342 g/mol. The number of rotatable bonds is 0. The summed E-state index contributed by atoms with van der Waals surface area (Å²) in [5.74, 6) is 1.57. The molecule has 5 nitrogen and oxygen atoms in total. The van der Waals surface area contributed by atoms with Gasteiger partial charge in [0.2, 0.25) is 12.3 Å². The molecule has 0 spiro atoms. The Morgan fingerprint density at radius 1 is 0.875 bits per heavy atom. The first-order valence-corrected chi connectivity index (χ1v) is 7.22. The molecule has 0 unspecified atom stereocenters. The summed E-state index contributed by atoms with van der Waals surface area (Å²) in [7, 11) is 0. The number of phenols is 2. The van der Waals surface area contributed by atoms with Gasteiger partial charge in [-0.1, -0.05) is 0 Å². The fraction of sp³-hybridized carbons (Fsp3) is 0.0556. The zero-order valence-electron chi connectivity index (χ0n) is 12.4. The number of phenolic OH excluding ortho intramolecular Hbond substituents is 2. The molecule has 0 fully saturated rings. The van der Waals surface area contributed by atoms with Crippen molar-refractivity contribution < 1.29 is 36.5 Å². The molecule has 4 aromatic rings. The van der Waals surface area contributed by atoms with Gasteiger partial charge in [-0.2, -0.15) is 4.40 Å². The van der Waals surface area contributed by atoms with Crippen molar-refractivity contribution in [1.29, 1.82) is 0 Å². The van der Waals surface area contributed by atoms with Gasteiger partial charge in [-0.3, -0.25) is 0 Å². The summed E-state index contributed by atoms with van der Waals surface area (Å²) in [4.78, 5) is 0. The molecule has 24 heavy (non-hydrogen) atoms. The average Bonchev–Trinajstić information content (AvgIpc) is 2.98. The number of aromatic hydroxyl groups is 2. The van der Waals surface area contributed by atoms with E-state index in [9.17, 15) is 10.2 Å². The number of nitrogens with zero attached hydrogens (tertiary/aromatic N) is 1. The number of pyridine rings is 2. The summed E-state index contributed by atoms with van der Waals surface area (Å²) in [5, 5.41) is 23.3. The lowest BCUT2D eigenvalue weighted by atomic mass is 10.1. The van der Waals surface area contributed by atoms with Gasteiger partial charge >= 0.3 is 0 Å². The van der Waals surface area contributed by atoms with Crippen LogP contribution >= 0.6 is 0 Å². The maximum absolute atomic E-state index is 10.0. The molecule has 0 atom stereocenters. The van der Waals surface area contributed by atoms with Gasteiger partial charge < -0.3 is 32.1 Å². The first kappa shape index (κ1) is 14.7. The third-order valence-electron chi connectivity index (χ3n) is 4.25. The summed E-state index contributed by atoms with van der Waals surface area (Å²) in [6, 6.07) is 10.8. The molecule has 2 aromatic heterocycles. The first-order valence-electron chi connectivity index (χ1n) is 7.22. The Morgan fingerprint density at radius 3 is 2.50 bits per heavy atom. The van der Waals surface area contributed by atoms with E-state index in [1.165, 1.54) is 6.07 Å². The summed E-state index contributed by atoms with van der Waals surface area (Å²) < 4.78 is 12.8. The molecule has 5 rings (SSSR count). The van der Waals surface area contributed by atoms with Crippen molar-refractivity contribution in [3.63, 3.8) is 0 Å². The Balaban J connectivity index is 0.00000146. The molecule has 6 heteroatoms. The van der Waals surface area contributed by atoms with Gasteiger partial charge in [0.05, 0.1) is 10.8 Å². The molecule has 0 saturated carbocycles. The number of fused-ring (bicyclic) bond motifs is 5. The normalized spacial score (nSPS) is 12.7. The second-order valence-electron chi connectivity index (χ2n) is 5.64. The SMILES string of the molecule is Oc1cc(O)c2c[n+]3ccc4cc5c(cc4c3cc2c1)OCO5.[Cl-]. The Hall–Kier alpha value is -2.92. The third kappa shape index (κ3) is 1.98. The molecule has 3 heterocycles. The van der Waals surface area contributed by atoms with Crippen molar-refractivity contribution >= 4 is 27.1 Å². The van der Waals surface area contributed by atoms with E-state index in [4.69, 9.17) is 9.47 Å². The lowest BCUT2D eigenvalue weighted by Crippen LogP contribution is -3.00. The topological polar surface area (TPSA) is 63.0 Å². The molecule has 120 valence electrons. The highest BCUT2D eigenvalue weighted by molar-refractivity contribution is 6.00. The number of hydrogen-bond acceptors (Lipinski definition) is 4. The maximum Gasteiger partial charge on any atom is 0.231 e. The predicted molar refractivity (Wildman–Crippen MR) is 84.1 cm³/mol. The van der Waals surface area contributed by atoms with Gasteiger partial charge in [0.1, 0.15) is 11.5 Å². The Morgan fingerprint density at radius 2 is 1.67 bits per heavy atom. The zero-order valence-corrected chi connectivity index (χ0v) is 13.1. The summed E-state index contributed by atoms with van der Waals surface area (Å²) in [6.45, 7) is 0.238. The Labute approximate surface area is 142 Å². The fourth-order valence-corrected chi connectivity index (χ4v) is 3.15. The second-order valence-corrected chi connectivity index (χ2v) is 5.64. The molecule has 1 aliphatic rings. The highest BCUT2D eigenvalue weighted by Gasteiger charge is 2.18. The minimum Gasteiger partial charge on any atom is -1.00 e. The monoisotopic (exact) mass is 341 g/mol. The van der Waals surface area contributed by atoms with Crippen LogP contribution in [0.4, 0.5) is 0 Å². The van der Waals surface area contributed by atoms with Crippen molar-refractivity contribution in [2.45, 2.75) is 0 Å². The number of aromatic nitrogens is 1. The summed E-state index contributed by atoms with van der Waals surface area (Å²) in [6.07, 6.45) is 3.79. The maximum atomic E-state index is 10.0. The zero-order chi connectivity index (χ0) is 15.6. The summed E-state index contributed by atoms with van der Waals surface area (Å²) >= 11 is 0. The second kappa shape index (κ2) is 5.04. The van der Waals surface area contributed by atoms with Crippen LogP contribution in [0.2, 0.25) is 0 Å². The van der Waals surface area contributed by atoms with E-state index in [2.05, 4.69) is 0 Å². The predicted octanol–water partition coefficient (Wildman–Crippen LogP) is -0.124. The van der Waals surface area contributed by atoms with Crippen molar-refractivity contribution in [2.24, 2.45) is 0 Å². The fourth-order valence-electron chi connectivity index (χ4n) is 3.15. The van der Waals surface area contributed by atoms with Gasteiger partial charge in [-0.05, 0) is 23.6 Å². The molecule has 0 aliphatic carbocycles. The molecule has 2 N–H and O–H groups in total. The minimum atomic E-state index is 0. The van der Waals surface area contributed by atoms with Crippen LogP contribution in [0.3, 0.4) is 0 Å².